The number of fused-ring (bicyclic) bond motifs is 2. The number of unbranched alkanes of at least 4 members (excludes halogenated alkanes) is 1. The lowest BCUT2D eigenvalue weighted by Gasteiger charge is -2.36. The van der Waals surface area contributed by atoms with Crippen LogP contribution in [0, 0.1) is 11.3 Å². The van der Waals surface area contributed by atoms with Crippen LogP contribution in [-0.4, -0.2) is 56.8 Å². The van der Waals surface area contributed by atoms with Gasteiger partial charge in [-0.05, 0) is 73.5 Å². The van der Waals surface area contributed by atoms with Crippen LogP contribution < -0.4 is 20.3 Å². The third-order valence-electron chi connectivity index (χ3n) is 6.91. The second-order valence-electron chi connectivity index (χ2n) is 9.22. The number of thiophene rings is 1. The van der Waals surface area contributed by atoms with Crippen LogP contribution in [0.4, 0.5) is 15.5 Å². The van der Waals surface area contributed by atoms with Gasteiger partial charge in [-0.3, -0.25) is 9.80 Å². The molecule has 7 nitrogen and oxygen atoms in total. The Balaban J connectivity index is 1.10. The van der Waals surface area contributed by atoms with Gasteiger partial charge >= 0.3 is 6.03 Å². The number of nitrogens with zero attached hydrogens (tertiary/aromatic N) is 4. The molecule has 35 heavy (non-hydrogen) atoms. The van der Waals surface area contributed by atoms with Gasteiger partial charge in [-0.15, -0.1) is 11.3 Å². The molecule has 2 amide bonds. The standard InChI is InChI=1S/C27H31N5O2S/c28-19-20-5-8-25-22(16-20)17-26(35-25)32(27(29)33)10-2-1-9-30-11-13-31(14-12-30)23-7-6-21-4-3-15-34-24(21)18-23/h5-8,16-18H,1-4,9-15H2,(H2,29,33). The summed E-state index contributed by atoms with van der Waals surface area (Å²) in [4.78, 5) is 18.7. The number of amides is 2. The van der Waals surface area contributed by atoms with Crippen molar-refractivity contribution < 1.29 is 9.53 Å². The monoisotopic (exact) mass is 489 g/mol. The zero-order valence-corrected chi connectivity index (χ0v) is 20.7. The molecule has 3 aromatic rings. The maximum atomic E-state index is 12.1. The zero-order valence-electron chi connectivity index (χ0n) is 19.9. The highest BCUT2D eigenvalue weighted by Crippen LogP contribution is 2.33. The maximum absolute atomic E-state index is 12.1. The Labute approximate surface area is 210 Å². The van der Waals surface area contributed by atoms with Gasteiger partial charge in [0.2, 0.25) is 0 Å². The number of primary amides is 1. The minimum atomic E-state index is -0.431. The summed E-state index contributed by atoms with van der Waals surface area (Å²) in [5.41, 5.74) is 8.90. The van der Waals surface area contributed by atoms with Crippen molar-refractivity contribution in [2.24, 2.45) is 5.73 Å². The number of rotatable bonds is 7. The lowest BCUT2D eigenvalue weighted by molar-refractivity contribution is 0.249. The number of carbonyl (C=O) groups excluding carboxylic acids is 1. The van der Waals surface area contributed by atoms with Gasteiger partial charge in [0.15, 0.2) is 0 Å². The number of aryl methyl sites for hydroxylation is 1. The summed E-state index contributed by atoms with van der Waals surface area (Å²) in [5.74, 6) is 1.05. The van der Waals surface area contributed by atoms with Crippen molar-refractivity contribution in [2.75, 3.05) is 55.7 Å². The zero-order chi connectivity index (χ0) is 24.2. The first-order valence-electron chi connectivity index (χ1n) is 12.3. The number of nitrogens with two attached hydrogens (primary N) is 1. The highest BCUT2D eigenvalue weighted by Gasteiger charge is 2.20. The van der Waals surface area contributed by atoms with Crippen LogP contribution in [-0.2, 0) is 6.42 Å². The molecule has 0 unspecified atom stereocenters. The highest BCUT2D eigenvalue weighted by atomic mass is 32.1. The first-order chi connectivity index (χ1) is 17.1. The predicted molar refractivity (Wildman–Crippen MR) is 142 cm³/mol. The predicted octanol–water partition coefficient (Wildman–Crippen LogP) is 4.59. The lowest BCUT2D eigenvalue weighted by Crippen LogP contribution is -2.46. The molecule has 1 aromatic heterocycles. The summed E-state index contributed by atoms with van der Waals surface area (Å²) < 4.78 is 6.90. The van der Waals surface area contributed by atoms with Crippen LogP contribution in [0.15, 0.2) is 42.5 Å². The fourth-order valence-corrected chi connectivity index (χ4v) is 6.00. The molecule has 182 valence electrons. The van der Waals surface area contributed by atoms with Crippen LogP contribution in [0.2, 0.25) is 0 Å². The van der Waals surface area contributed by atoms with Crippen molar-refractivity contribution in [3.05, 3.63) is 53.6 Å². The number of urea groups is 1. The van der Waals surface area contributed by atoms with Gasteiger partial charge < -0.3 is 15.4 Å². The third kappa shape index (κ3) is 5.37. The van der Waals surface area contributed by atoms with Crippen LogP contribution in [0.3, 0.4) is 0 Å². The molecule has 8 heteroatoms. The van der Waals surface area contributed by atoms with Crippen molar-refractivity contribution in [2.45, 2.75) is 25.7 Å². The molecule has 0 bridgehead atoms. The SMILES string of the molecule is N#Cc1ccc2sc(N(CCCCN3CCN(c4ccc5c(c4)OCCC5)CC3)C(N)=O)cc2c1. The number of piperazine rings is 1. The number of anilines is 2. The molecule has 1 fully saturated rings. The van der Waals surface area contributed by atoms with Crippen LogP contribution in [0.25, 0.3) is 10.1 Å². The van der Waals surface area contributed by atoms with E-state index in [9.17, 15) is 4.79 Å². The molecule has 3 heterocycles. The summed E-state index contributed by atoms with van der Waals surface area (Å²) in [6, 6.07) is 15.9. The molecule has 0 spiro atoms. The van der Waals surface area contributed by atoms with E-state index in [0.29, 0.717) is 12.1 Å². The van der Waals surface area contributed by atoms with E-state index in [-0.39, 0.29) is 0 Å². The number of hydrogen-bond donors (Lipinski definition) is 1. The maximum Gasteiger partial charge on any atom is 0.319 e. The summed E-state index contributed by atoms with van der Waals surface area (Å²) in [7, 11) is 0. The van der Waals surface area contributed by atoms with Crippen LogP contribution in [0.1, 0.15) is 30.4 Å². The second kappa shape index (κ2) is 10.5. The fraction of sp³-hybridized carbons (Fsp3) is 0.407. The Morgan fingerprint density at radius 3 is 2.77 bits per heavy atom. The number of ether oxygens (including phenoxy) is 1. The van der Waals surface area contributed by atoms with Gasteiger partial charge in [0, 0.05) is 49.2 Å². The Bertz CT molecular complexity index is 1240. The highest BCUT2D eigenvalue weighted by molar-refractivity contribution is 7.23. The number of nitriles is 1. The van der Waals surface area contributed by atoms with E-state index in [1.165, 1.54) is 22.6 Å². The van der Waals surface area contributed by atoms with Gasteiger partial charge in [-0.25, -0.2) is 4.79 Å². The first-order valence-corrected chi connectivity index (χ1v) is 13.2. The first kappa shape index (κ1) is 23.5. The molecule has 1 saturated heterocycles. The Morgan fingerprint density at radius 1 is 1.11 bits per heavy atom. The molecular formula is C27H31N5O2S. The van der Waals surface area contributed by atoms with Crippen molar-refractivity contribution >= 4 is 38.1 Å². The Kier molecular flexibility index (Phi) is 7.07. The summed E-state index contributed by atoms with van der Waals surface area (Å²) in [6.45, 7) is 6.54. The van der Waals surface area contributed by atoms with Gasteiger partial charge in [0.25, 0.3) is 0 Å². The molecule has 0 radical (unpaired) electrons. The van der Waals surface area contributed by atoms with Crippen molar-refractivity contribution in [1.29, 1.82) is 5.26 Å². The molecular weight excluding hydrogens is 458 g/mol. The normalized spacial score (nSPS) is 15.9. The van der Waals surface area contributed by atoms with E-state index in [1.54, 1.807) is 11.0 Å². The van der Waals surface area contributed by atoms with Crippen LogP contribution >= 0.6 is 11.3 Å². The van der Waals surface area contributed by atoms with Gasteiger partial charge in [-0.1, -0.05) is 6.07 Å². The van der Waals surface area contributed by atoms with Gasteiger partial charge in [-0.2, -0.15) is 5.26 Å². The molecule has 2 aliphatic rings. The Hall–Kier alpha value is -3.28. The van der Waals surface area contributed by atoms with E-state index in [1.807, 2.05) is 18.2 Å². The molecule has 0 aliphatic carbocycles. The van der Waals surface area contributed by atoms with Crippen molar-refractivity contribution in [3.8, 4) is 11.8 Å². The van der Waals surface area contributed by atoms with E-state index in [4.69, 9.17) is 15.7 Å². The summed E-state index contributed by atoms with van der Waals surface area (Å²) in [5, 5.41) is 10.9. The average molecular weight is 490 g/mol. The number of hydrogen-bond acceptors (Lipinski definition) is 6. The minimum Gasteiger partial charge on any atom is -0.493 e. The number of benzene rings is 2. The fourth-order valence-electron chi connectivity index (χ4n) is 4.92. The van der Waals surface area contributed by atoms with E-state index < -0.39 is 6.03 Å². The molecule has 2 N–H and O–H groups in total. The largest absolute Gasteiger partial charge is 0.493 e. The van der Waals surface area contributed by atoms with Crippen molar-refractivity contribution in [3.63, 3.8) is 0 Å². The lowest BCUT2D eigenvalue weighted by atomic mass is 10.1. The van der Waals surface area contributed by atoms with Crippen LogP contribution in [0.5, 0.6) is 5.75 Å². The molecule has 2 aliphatic heterocycles. The second-order valence-corrected chi connectivity index (χ2v) is 10.3. The van der Waals surface area contributed by atoms with E-state index >= 15 is 0 Å². The smallest absolute Gasteiger partial charge is 0.319 e. The molecule has 0 saturated carbocycles. The molecule has 5 rings (SSSR count). The van der Waals surface area contributed by atoms with Gasteiger partial charge in [0.05, 0.1) is 18.2 Å². The summed E-state index contributed by atoms with van der Waals surface area (Å²) in [6.07, 6.45) is 4.13. The minimum absolute atomic E-state index is 0.431. The van der Waals surface area contributed by atoms with E-state index in [0.717, 1.165) is 85.9 Å². The van der Waals surface area contributed by atoms with Crippen molar-refractivity contribution in [1.82, 2.24) is 4.90 Å². The molecule has 2 aromatic carbocycles. The topological polar surface area (TPSA) is 85.8 Å². The average Bonchev–Trinajstić information content (AvgIpc) is 3.31. The quantitative estimate of drug-likeness (QED) is 0.491. The number of carbonyl (C=O) groups is 1. The van der Waals surface area contributed by atoms with E-state index in [2.05, 4.69) is 34.1 Å². The summed E-state index contributed by atoms with van der Waals surface area (Å²) >= 11 is 1.54. The third-order valence-corrected chi connectivity index (χ3v) is 8.05. The van der Waals surface area contributed by atoms with Gasteiger partial charge in [0.1, 0.15) is 10.8 Å². The Morgan fingerprint density at radius 2 is 1.97 bits per heavy atom. The molecule has 0 atom stereocenters.